The number of aromatic nitrogens is 7. The number of aromatic carboxylic acids is 1. The zero-order valence-corrected chi connectivity index (χ0v) is 89.1. The van der Waals surface area contributed by atoms with Gasteiger partial charge in [-0.05, 0) is 138 Å². The molecule has 0 aliphatic carbocycles. The van der Waals surface area contributed by atoms with Gasteiger partial charge >= 0.3 is 152 Å². The van der Waals surface area contributed by atoms with Crippen molar-refractivity contribution in [1.82, 2.24) is 34.9 Å². The van der Waals surface area contributed by atoms with E-state index in [1.165, 1.54) is 67.5 Å². The number of carboxylic acid groups (broad SMARTS) is 1. The normalized spacial score (nSPS) is 12.1. The van der Waals surface area contributed by atoms with Crippen LogP contribution in [0.4, 0.5) is 28.4 Å². The number of aromatic hydroxyl groups is 1. The molecule has 2 fully saturated rings. The Morgan fingerprint density at radius 1 is 0.480 bits per heavy atom. The SMILES string of the molecule is CC1(C)OB(B2OC(C)(C)C(C)(C)O2)OC1(C)C.CC[O-].NC(=O)c1cnc(Cl)cc1Cl.O=C(O)c1cnc(Cl)cc1Cl.O=CO[O-].O=Cc1cc(O)ccc1Br.[C-]#[N+]c1cnc(Cl)cc1Cl.[C-]#[N+]c1cnc(Cl)cc1OCC.[C-]#[N+]c1cnc(Cl)cc1OCC.[C-]#[N+]c1cnc(OCC)cc1Cl.[C-]#[N+]c1cnc(Oc2ccc(Br)c(C=O)c2)cc1OCC.[H-].[K+].[K+].[Na+]. The number of rotatable bonds is 16. The van der Waals surface area contributed by atoms with Gasteiger partial charge in [0, 0.05) is 87.7 Å². The zero-order valence-electron chi connectivity index (χ0n) is 71.9. The number of nitrogens with zero attached hydrogens (tertiary/aromatic N) is 12. The Bertz CT molecular complexity index is 5100. The number of hydrogen-bond donors (Lipinski definition) is 3. The van der Waals surface area contributed by atoms with Gasteiger partial charge in [0.25, 0.3) is 12.4 Å². The van der Waals surface area contributed by atoms with E-state index in [2.05, 4.69) is 95.9 Å². The van der Waals surface area contributed by atoms with E-state index >= 15 is 0 Å². The molecule has 0 bridgehead atoms. The third-order valence-electron chi connectivity index (χ3n) is 15.2. The number of phenols is 1. The summed E-state index contributed by atoms with van der Waals surface area (Å²) in [4.78, 5) is 95.8. The first-order valence-corrected chi connectivity index (χ1v) is 40.1. The number of ether oxygens (including phenoxy) is 5. The Balaban J connectivity index is -0.000000674. The van der Waals surface area contributed by atoms with E-state index in [1.54, 1.807) is 55.5 Å². The minimum absolute atomic E-state index is 0. The number of pyridine rings is 7. The molecule has 9 heterocycles. The number of carboxylic acids is 1. The molecule has 48 heteroatoms. The molecule has 11 rings (SSSR count). The van der Waals surface area contributed by atoms with Gasteiger partial charge < -0.3 is 74.9 Å². The number of halogens is 11. The second kappa shape index (κ2) is 65.7. The van der Waals surface area contributed by atoms with Crippen LogP contribution in [0.25, 0.3) is 24.2 Å². The molecule has 127 heavy (non-hydrogen) atoms. The molecule has 658 valence electrons. The number of benzene rings is 2. The van der Waals surface area contributed by atoms with Crippen molar-refractivity contribution >= 4 is 210 Å². The predicted octanol–water partition coefficient (Wildman–Crippen LogP) is 12.1. The van der Waals surface area contributed by atoms with Gasteiger partial charge in [-0.15, -0.1) is 6.61 Å². The van der Waals surface area contributed by atoms with Crippen molar-refractivity contribution in [2.75, 3.05) is 33.0 Å². The third-order valence-corrected chi connectivity index (χ3v) is 18.9. The summed E-state index contributed by atoms with van der Waals surface area (Å²) in [7, 11) is -0.952. The molecule has 0 spiro atoms. The molecular formula is C79H77B2Br2Cl9K2N13NaO19. The van der Waals surface area contributed by atoms with Crippen LogP contribution in [0, 0.1) is 32.9 Å². The Hall–Kier alpha value is -5.78. The zero-order chi connectivity index (χ0) is 94.3. The number of amides is 1. The molecule has 1 amide bonds. The van der Waals surface area contributed by atoms with Gasteiger partial charge in [0.1, 0.15) is 54.5 Å². The average molecular weight is 2110 g/mol. The largest absolute Gasteiger partial charge is 1.00 e. The van der Waals surface area contributed by atoms with Crippen LogP contribution < -0.4 is 172 Å². The second-order valence-electron chi connectivity index (χ2n) is 24.8. The predicted molar refractivity (Wildman–Crippen MR) is 478 cm³/mol. The Morgan fingerprint density at radius 2 is 0.787 bits per heavy atom. The molecule has 0 saturated carbocycles. The number of hydrogen-bond acceptors (Lipinski definition) is 25. The minimum Gasteiger partial charge on any atom is -1.00 e. The van der Waals surface area contributed by atoms with E-state index in [0.717, 1.165) is 12.5 Å². The van der Waals surface area contributed by atoms with Crippen LogP contribution in [0.3, 0.4) is 0 Å². The van der Waals surface area contributed by atoms with Gasteiger partial charge in [0.05, 0.1) is 113 Å². The van der Waals surface area contributed by atoms with Crippen LogP contribution >= 0.6 is 136 Å². The van der Waals surface area contributed by atoms with Crippen molar-refractivity contribution in [3.63, 3.8) is 0 Å². The van der Waals surface area contributed by atoms with Crippen molar-refractivity contribution in [2.45, 2.75) is 112 Å². The monoisotopic (exact) mass is 2110 g/mol. The van der Waals surface area contributed by atoms with E-state index in [1.807, 2.05) is 83.1 Å². The second-order valence-corrected chi connectivity index (χ2v) is 30.0. The first kappa shape index (κ1) is 125. The van der Waals surface area contributed by atoms with Gasteiger partial charge in [-0.2, -0.15) is 0 Å². The maximum absolute atomic E-state index is 10.9. The average Bonchev–Trinajstić information content (AvgIpc) is 1.59. The van der Waals surface area contributed by atoms with E-state index in [-0.39, 0.29) is 206 Å². The summed E-state index contributed by atoms with van der Waals surface area (Å²) in [5, 5.41) is 37.2. The number of phenolic OH excluding ortho intramolecular Hbond substituents is 1. The van der Waals surface area contributed by atoms with E-state index < -0.39 is 25.9 Å². The van der Waals surface area contributed by atoms with Gasteiger partial charge in [-0.25, -0.2) is 49.0 Å². The molecule has 4 N–H and O–H groups in total. The first-order valence-electron chi connectivity index (χ1n) is 35.1. The molecule has 2 saturated heterocycles. The topological polar surface area (TPSA) is 402 Å². The molecule has 0 atom stereocenters. The van der Waals surface area contributed by atoms with Crippen molar-refractivity contribution in [3.05, 3.63) is 256 Å². The summed E-state index contributed by atoms with van der Waals surface area (Å²) in [5.41, 5.74) is 6.37. The minimum atomic E-state index is -1.11. The fourth-order valence-electron chi connectivity index (χ4n) is 8.11. The molecule has 2 aromatic carbocycles. The molecule has 2 aliphatic heterocycles. The number of nitrogens with two attached hydrogens (primary N) is 1. The summed E-state index contributed by atoms with van der Waals surface area (Å²) >= 11 is 56.5. The Morgan fingerprint density at radius 3 is 1.11 bits per heavy atom. The molecule has 0 unspecified atom stereocenters. The first-order chi connectivity index (χ1) is 58.4. The Kier molecular flexibility index (Phi) is 64.9. The molecule has 2 aliphatic rings. The van der Waals surface area contributed by atoms with Crippen LogP contribution in [0.2, 0.25) is 45.9 Å². The summed E-state index contributed by atoms with van der Waals surface area (Å²) in [6.07, 6.45) is 10.7. The van der Waals surface area contributed by atoms with Crippen molar-refractivity contribution in [1.29, 1.82) is 0 Å². The maximum atomic E-state index is 10.9. The van der Waals surface area contributed by atoms with Crippen molar-refractivity contribution < 1.29 is 225 Å². The van der Waals surface area contributed by atoms with Crippen LogP contribution in [0.15, 0.2) is 131 Å². The van der Waals surface area contributed by atoms with Gasteiger partial charge in [0.15, 0.2) is 12.6 Å². The molecule has 7 aromatic heterocycles. The van der Waals surface area contributed by atoms with E-state index in [4.69, 9.17) is 211 Å². The smallest absolute Gasteiger partial charge is 1.00 e. The van der Waals surface area contributed by atoms with E-state index in [9.17, 15) is 19.2 Å². The summed E-state index contributed by atoms with van der Waals surface area (Å²) in [6, 6.07) is 19.8. The Labute approximate surface area is 906 Å². The van der Waals surface area contributed by atoms with Gasteiger partial charge in [-0.3, -0.25) is 34.1 Å². The van der Waals surface area contributed by atoms with Gasteiger partial charge in [0.2, 0.25) is 40.2 Å². The van der Waals surface area contributed by atoms with Crippen molar-refractivity contribution in [2.24, 2.45) is 5.73 Å². The molecule has 9 aromatic rings. The van der Waals surface area contributed by atoms with Crippen LogP contribution in [-0.2, 0) is 28.3 Å². The standard InChI is InChI=1S/C15H11BrN2O3.C12H24B2O4.3C8H7ClN2O.C7H5BrO2.C6H4Cl2N2O.C6H2Cl2N2.C6H3Cl2NO2.C2H5O.CH2O3.2K.Na.H/c1-3-20-14-7-15(18-8-13(14)17-2)21-11-4-5-12(16)10(6-11)9-19;1-9(2)10(3,4)16-13(15-9)14-17-11(5,6)12(7,8)18-14;2*1-3-12-7-4-8(9)11-5-6(7)10-2;1-3-12-8-4-6(9)7(10-2)5-11-8;8-7-2-1-6(10)3-5(7)4-9;7-4-1-5(8)10-2-3(4)6(9)11;1-9-5-3-10-6(8)2-4(5)7;7-4-1-5(8)9-2-3(4)6(10)11;1-2-3;2-1-4-3;;;;/h4-9H,3H2,1H3;1-8H3;3*4-5H,3H2,1H3;1-4,10H;1-2H,(H2,9,11);2-3H;1-2H,(H,10,11);2H2,1H3;1,3H;;;;/q;;;;;;;;;-1;;3*+1;-1/p-1. The number of carbonyl (C=O) groups excluding carboxylic acids is 4. The molecule has 0 radical (unpaired) electrons. The summed E-state index contributed by atoms with van der Waals surface area (Å²) in [6.45, 7) is 61.0. The quantitative estimate of drug-likeness (QED) is 0.0202. The number of primary amides is 1. The van der Waals surface area contributed by atoms with Crippen LogP contribution in [-0.4, -0.2) is 145 Å². The van der Waals surface area contributed by atoms with Crippen LogP contribution in [0.5, 0.6) is 40.5 Å². The van der Waals surface area contributed by atoms with Crippen LogP contribution in [0.1, 0.15) is 133 Å². The third kappa shape index (κ3) is 45.5. The summed E-state index contributed by atoms with van der Waals surface area (Å²) < 4.78 is 51.6. The van der Waals surface area contributed by atoms with E-state index in [0.29, 0.717) is 141 Å². The number of aldehydes is 2. The van der Waals surface area contributed by atoms with Crippen molar-refractivity contribution in [3.8, 4) is 40.5 Å². The summed E-state index contributed by atoms with van der Waals surface area (Å²) in [5.74, 6) is 1.01. The fraction of sp³-hybridized carbons (Fsp3) is 0.278. The molecule has 32 nitrogen and oxygen atoms in total. The molecular weight excluding hydrogens is 2040 g/mol. The fourth-order valence-corrected chi connectivity index (χ4v) is 10.6. The number of carbonyl (C=O) groups is 5. The van der Waals surface area contributed by atoms with Gasteiger partial charge in [-0.1, -0.05) is 143 Å². The maximum Gasteiger partial charge on any atom is 1.00 e.